The maximum Gasteiger partial charge on any atom is 0.306 e. The number of aliphatic hydroxyl groups excluding tert-OH is 3. The van der Waals surface area contributed by atoms with E-state index >= 15 is 0 Å². The fraction of sp³-hybridized carbons (Fsp3) is 0.867. The molecule has 1 rings (SSSR count). The van der Waals surface area contributed by atoms with Crippen molar-refractivity contribution in [3.63, 3.8) is 0 Å². The topological polar surface area (TPSA) is 184 Å². The number of unbranched alkanes of at least 4 members (excludes halogenated alkanes) is 8. The average molecular weight is 621 g/mol. The van der Waals surface area contributed by atoms with Crippen molar-refractivity contribution in [2.24, 2.45) is 0 Å². The molecule has 0 aliphatic carbocycles. The van der Waals surface area contributed by atoms with Crippen LogP contribution >= 0.6 is 0 Å². The first kappa shape index (κ1) is 38.7. The highest BCUT2D eigenvalue weighted by Gasteiger charge is 2.53. The van der Waals surface area contributed by atoms with Gasteiger partial charge in [-0.1, -0.05) is 65.2 Å². The lowest BCUT2D eigenvalue weighted by Gasteiger charge is -2.44. The molecule has 2 unspecified atom stereocenters. The van der Waals surface area contributed by atoms with E-state index < -0.39 is 86.6 Å². The first-order chi connectivity index (χ1) is 20.5. The van der Waals surface area contributed by atoms with Crippen LogP contribution in [0.15, 0.2) is 0 Å². The number of carbonyl (C=O) groups excluding carboxylic acids is 4. The van der Waals surface area contributed by atoms with Crippen molar-refractivity contribution in [1.82, 2.24) is 0 Å². The fourth-order valence-electron chi connectivity index (χ4n) is 4.53. The van der Waals surface area contributed by atoms with Crippen LogP contribution in [0.25, 0.3) is 0 Å². The van der Waals surface area contributed by atoms with Crippen molar-refractivity contribution in [2.45, 2.75) is 148 Å². The summed E-state index contributed by atoms with van der Waals surface area (Å²) in [4.78, 5) is 49.6. The van der Waals surface area contributed by atoms with Gasteiger partial charge in [-0.3, -0.25) is 19.2 Å². The molecule has 0 radical (unpaired) electrons. The summed E-state index contributed by atoms with van der Waals surface area (Å²) in [5, 5.41) is 29.1. The van der Waals surface area contributed by atoms with Gasteiger partial charge in [0.25, 0.3) is 0 Å². The Morgan fingerprint density at radius 2 is 1.23 bits per heavy atom. The third-order valence-corrected chi connectivity index (χ3v) is 6.91. The van der Waals surface area contributed by atoms with Crippen LogP contribution in [0.4, 0.5) is 0 Å². The average Bonchev–Trinajstić information content (AvgIpc) is 2.96. The van der Waals surface area contributed by atoms with Crippen LogP contribution in [-0.4, -0.2) is 102 Å². The van der Waals surface area contributed by atoms with Gasteiger partial charge >= 0.3 is 23.9 Å². The minimum absolute atomic E-state index is 0.0615. The molecule has 1 heterocycles. The SMILES string of the molecule is CCCCCCCC(=O)O[C@@H]1[C@H](OC(=O)CCCCCCC)[C@H](OCC(O)C(O)CO)O[C@H](COC(C)=O)[C@H]1OC(C)=O. The van der Waals surface area contributed by atoms with Crippen LogP contribution in [0.2, 0.25) is 0 Å². The van der Waals surface area contributed by atoms with Gasteiger partial charge in [-0.05, 0) is 12.8 Å². The number of hydrogen-bond acceptors (Lipinski definition) is 13. The second-order valence-electron chi connectivity index (χ2n) is 10.8. The number of hydrogen-bond donors (Lipinski definition) is 3. The zero-order valence-electron chi connectivity index (χ0n) is 26.1. The highest BCUT2D eigenvalue weighted by molar-refractivity contribution is 5.71. The molecule has 0 bridgehead atoms. The van der Waals surface area contributed by atoms with Gasteiger partial charge in [0.1, 0.15) is 24.9 Å². The lowest BCUT2D eigenvalue weighted by molar-refractivity contribution is -0.312. The van der Waals surface area contributed by atoms with E-state index in [1.165, 1.54) is 6.92 Å². The third-order valence-electron chi connectivity index (χ3n) is 6.91. The van der Waals surface area contributed by atoms with E-state index in [1.807, 2.05) is 0 Å². The largest absolute Gasteiger partial charge is 0.463 e. The standard InChI is InChI=1S/C30H52O13/c1-5-7-9-11-13-15-25(36)42-28-27(40-21(4)33)24(19-38-20(3)32)41-30(39-18-23(35)22(34)17-31)29(28)43-26(37)16-14-12-10-8-6-2/h22-24,27-31,34-35H,5-19H2,1-4H3/t22?,23?,24-,27-,28+,29+,30-/m1/s1. The van der Waals surface area contributed by atoms with Crippen LogP contribution in [0.5, 0.6) is 0 Å². The molecule has 1 saturated heterocycles. The number of carbonyl (C=O) groups is 4. The normalized spacial score (nSPS) is 23.2. The maximum atomic E-state index is 13.0. The van der Waals surface area contributed by atoms with E-state index in [4.69, 9.17) is 28.4 Å². The molecule has 0 saturated carbocycles. The quantitative estimate of drug-likeness (QED) is 0.0912. The van der Waals surface area contributed by atoms with Crippen molar-refractivity contribution in [3.8, 4) is 0 Å². The van der Waals surface area contributed by atoms with Gasteiger partial charge in [-0.15, -0.1) is 0 Å². The molecule has 0 aromatic heterocycles. The summed E-state index contributed by atoms with van der Waals surface area (Å²) in [5.41, 5.74) is 0. The molecule has 7 atom stereocenters. The molecule has 1 aliphatic heterocycles. The van der Waals surface area contributed by atoms with Gasteiger partial charge in [0.2, 0.25) is 0 Å². The Labute approximate surface area is 254 Å². The monoisotopic (exact) mass is 620 g/mol. The molecule has 250 valence electrons. The van der Waals surface area contributed by atoms with Gasteiger partial charge in [0.05, 0.1) is 13.2 Å². The predicted molar refractivity (Wildman–Crippen MR) is 152 cm³/mol. The minimum Gasteiger partial charge on any atom is -0.463 e. The maximum absolute atomic E-state index is 13.0. The molecule has 13 nitrogen and oxygen atoms in total. The van der Waals surface area contributed by atoms with Crippen molar-refractivity contribution in [3.05, 3.63) is 0 Å². The first-order valence-electron chi connectivity index (χ1n) is 15.5. The zero-order chi connectivity index (χ0) is 32.2. The molecule has 13 heteroatoms. The summed E-state index contributed by atoms with van der Waals surface area (Å²) < 4.78 is 33.7. The Bertz CT molecular complexity index is 820. The van der Waals surface area contributed by atoms with Crippen LogP contribution in [-0.2, 0) is 47.6 Å². The van der Waals surface area contributed by atoms with Gasteiger partial charge < -0.3 is 43.7 Å². The minimum atomic E-state index is -1.54. The fourth-order valence-corrected chi connectivity index (χ4v) is 4.53. The summed E-state index contributed by atoms with van der Waals surface area (Å²) in [7, 11) is 0. The van der Waals surface area contributed by atoms with E-state index in [9.17, 15) is 34.5 Å². The van der Waals surface area contributed by atoms with E-state index in [2.05, 4.69) is 13.8 Å². The number of ether oxygens (including phenoxy) is 6. The summed E-state index contributed by atoms with van der Waals surface area (Å²) in [5.74, 6) is -2.65. The van der Waals surface area contributed by atoms with Gasteiger partial charge in [0.15, 0.2) is 24.6 Å². The second kappa shape index (κ2) is 22.2. The summed E-state index contributed by atoms with van der Waals surface area (Å²) >= 11 is 0. The van der Waals surface area contributed by atoms with Crippen LogP contribution < -0.4 is 0 Å². The van der Waals surface area contributed by atoms with Crippen molar-refractivity contribution >= 4 is 23.9 Å². The molecule has 1 aliphatic rings. The Morgan fingerprint density at radius 3 is 1.72 bits per heavy atom. The van der Waals surface area contributed by atoms with Crippen molar-refractivity contribution in [1.29, 1.82) is 0 Å². The van der Waals surface area contributed by atoms with E-state index in [0.717, 1.165) is 58.3 Å². The highest BCUT2D eigenvalue weighted by atomic mass is 16.7. The van der Waals surface area contributed by atoms with Crippen LogP contribution in [0.1, 0.15) is 105 Å². The summed E-state index contributed by atoms with van der Waals surface area (Å²) in [6, 6.07) is 0. The van der Waals surface area contributed by atoms with Crippen molar-refractivity contribution < 1.29 is 62.9 Å². The van der Waals surface area contributed by atoms with Gasteiger partial charge in [0, 0.05) is 26.7 Å². The molecule has 0 spiro atoms. The molecule has 43 heavy (non-hydrogen) atoms. The summed E-state index contributed by atoms with van der Waals surface area (Å²) in [6.07, 6.45) is -1.01. The third kappa shape index (κ3) is 15.8. The predicted octanol–water partition coefficient (Wildman–Crippen LogP) is 2.48. The molecule has 3 N–H and O–H groups in total. The Hall–Kier alpha value is -2.32. The summed E-state index contributed by atoms with van der Waals surface area (Å²) in [6.45, 7) is 4.75. The highest BCUT2D eigenvalue weighted by Crippen LogP contribution is 2.31. The Morgan fingerprint density at radius 1 is 0.698 bits per heavy atom. The number of rotatable bonds is 22. The van der Waals surface area contributed by atoms with E-state index in [0.29, 0.717) is 12.8 Å². The smallest absolute Gasteiger partial charge is 0.306 e. The molecule has 0 amide bonds. The van der Waals surface area contributed by atoms with E-state index in [1.54, 1.807) is 0 Å². The lowest BCUT2D eigenvalue weighted by atomic mass is 9.97. The lowest BCUT2D eigenvalue weighted by Crippen LogP contribution is -2.63. The number of esters is 4. The second-order valence-corrected chi connectivity index (χ2v) is 10.8. The van der Waals surface area contributed by atoms with Gasteiger partial charge in [-0.25, -0.2) is 0 Å². The molecule has 0 aromatic carbocycles. The first-order valence-corrected chi connectivity index (χ1v) is 15.5. The van der Waals surface area contributed by atoms with E-state index in [-0.39, 0.29) is 12.8 Å². The van der Waals surface area contributed by atoms with Crippen LogP contribution in [0.3, 0.4) is 0 Å². The molecule has 1 fully saturated rings. The molecular weight excluding hydrogens is 568 g/mol. The van der Waals surface area contributed by atoms with Gasteiger partial charge in [-0.2, -0.15) is 0 Å². The van der Waals surface area contributed by atoms with Crippen molar-refractivity contribution in [2.75, 3.05) is 19.8 Å². The molecule has 0 aromatic rings. The Kier molecular flexibility index (Phi) is 20.0. The molecular formula is C30H52O13. The number of aliphatic hydroxyl groups is 3. The zero-order valence-corrected chi connectivity index (χ0v) is 26.1. The van der Waals surface area contributed by atoms with Crippen LogP contribution in [0, 0.1) is 0 Å². The Balaban J connectivity index is 3.30.